The van der Waals surface area contributed by atoms with Crippen LogP contribution in [-0.2, 0) is 20.4 Å². The van der Waals surface area contributed by atoms with Gasteiger partial charge in [-0.05, 0) is 30.3 Å². The third-order valence-corrected chi connectivity index (χ3v) is 5.96. The van der Waals surface area contributed by atoms with Gasteiger partial charge in [-0.15, -0.1) is 0 Å². The van der Waals surface area contributed by atoms with Gasteiger partial charge in [0.25, 0.3) is 0 Å². The smallest absolute Gasteiger partial charge is 0.416 e. The van der Waals surface area contributed by atoms with E-state index in [9.17, 15) is 27.9 Å². The summed E-state index contributed by atoms with van der Waals surface area (Å²) in [7, 11) is 0. The van der Waals surface area contributed by atoms with E-state index in [2.05, 4.69) is 0 Å². The number of ether oxygens (including phenoxy) is 3. The first-order valence-electron chi connectivity index (χ1n) is 10.8. The first kappa shape index (κ1) is 23.8. The van der Waals surface area contributed by atoms with E-state index in [1.807, 2.05) is 0 Å². The number of alkyl halides is 3. The molecule has 1 saturated carbocycles. The van der Waals surface area contributed by atoms with Crippen molar-refractivity contribution >= 4 is 11.9 Å². The number of rotatable bonds is 7. The van der Waals surface area contributed by atoms with Crippen molar-refractivity contribution in [1.82, 2.24) is 0 Å². The van der Waals surface area contributed by atoms with E-state index in [1.54, 1.807) is 36.4 Å². The number of hydrogen-bond acceptors (Lipinski definition) is 6. The summed E-state index contributed by atoms with van der Waals surface area (Å²) in [6.07, 6.45) is -2.93. The van der Waals surface area contributed by atoms with Crippen LogP contribution in [0.25, 0.3) is 0 Å². The van der Waals surface area contributed by atoms with Gasteiger partial charge in [0.15, 0.2) is 0 Å². The Morgan fingerprint density at radius 3 is 2.68 bits per heavy atom. The predicted molar refractivity (Wildman–Crippen MR) is 114 cm³/mol. The summed E-state index contributed by atoms with van der Waals surface area (Å²) in [6, 6.07) is 12.9. The minimum Gasteiger partial charge on any atom is -0.491 e. The first-order valence-corrected chi connectivity index (χ1v) is 10.8. The van der Waals surface area contributed by atoms with Crippen LogP contribution in [0.3, 0.4) is 0 Å². The fraction of sp³-hybridized carbons (Fsp3) is 0.360. The van der Waals surface area contributed by atoms with Crippen LogP contribution >= 0.6 is 0 Å². The molecule has 6 nitrogen and oxygen atoms in total. The largest absolute Gasteiger partial charge is 0.491 e. The maximum Gasteiger partial charge on any atom is 0.416 e. The molecule has 0 bridgehead atoms. The standard InChI is InChI=1S/C25H23F3O6/c26-25(27,28)16-7-4-8-18(11-16)32-14-17(29)9-10-19-20-12-23(30)33-22(20)13-21(19)34-24(31)15-5-2-1-3-6-15/h1-11,17,19-22,29H,12-14H2/b10-9+. The Bertz CT molecular complexity index is 1050. The van der Waals surface area contributed by atoms with Gasteiger partial charge in [-0.25, -0.2) is 4.79 Å². The molecule has 0 radical (unpaired) electrons. The third-order valence-electron chi connectivity index (χ3n) is 5.96. The normalized spacial score (nSPS) is 25.1. The number of carbonyl (C=O) groups is 2. The highest BCUT2D eigenvalue weighted by Crippen LogP contribution is 2.43. The van der Waals surface area contributed by atoms with Gasteiger partial charge in [0.2, 0.25) is 0 Å². The van der Waals surface area contributed by atoms with E-state index in [-0.39, 0.29) is 42.7 Å². The summed E-state index contributed by atoms with van der Waals surface area (Å²) in [6.45, 7) is -0.275. The maximum absolute atomic E-state index is 12.8. The van der Waals surface area contributed by atoms with Gasteiger partial charge >= 0.3 is 18.1 Å². The molecule has 9 heteroatoms. The van der Waals surface area contributed by atoms with Gasteiger partial charge in [0.05, 0.1) is 17.5 Å². The summed E-state index contributed by atoms with van der Waals surface area (Å²) in [4.78, 5) is 24.3. The van der Waals surface area contributed by atoms with E-state index in [0.717, 1.165) is 12.1 Å². The molecule has 180 valence electrons. The summed E-state index contributed by atoms with van der Waals surface area (Å²) in [5.74, 6) is -1.41. The minimum absolute atomic E-state index is 0.0207. The zero-order valence-corrected chi connectivity index (χ0v) is 18.0. The Morgan fingerprint density at radius 1 is 1.18 bits per heavy atom. The lowest BCUT2D eigenvalue weighted by atomic mass is 9.91. The number of fused-ring (bicyclic) bond motifs is 1. The van der Waals surface area contributed by atoms with E-state index >= 15 is 0 Å². The summed E-state index contributed by atoms with van der Waals surface area (Å²) in [5.41, 5.74) is -0.449. The highest BCUT2D eigenvalue weighted by atomic mass is 19.4. The Kier molecular flexibility index (Phi) is 6.92. The summed E-state index contributed by atoms with van der Waals surface area (Å²) in [5, 5.41) is 10.3. The molecule has 0 aromatic heterocycles. The van der Waals surface area contributed by atoms with Crippen LogP contribution in [0.1, 0.15) is 28.8 Å². The fourth-order valence-electron chi connectivity index (χ4n) is 4.33. The van der Waals surface area contributed by atoms with Crippen LogP contribution in [-0.4, -0.2) is 42.0 Å². The number of halogens is 3. The van der Waals surface area contributed by atoms with E-state index in [0.29, 0.717) is 12.0 Å². The Hall–Kier alpha value is -3.33. The number of aliphatic hydroxyl groups excluding tert-OH is 1. The third kappa shape index (κ3) is 5.59. The molecule has 5 atom stereocenters. The van der Waals surface area contributed by atoms with Gasteiger partial charge in [-0.1, -0.05) is 36.4 Å². The average Bonchev–Trinajstić information content (AvgIpc) is 3.31. The Morgan fingerprint density at radius 2 is 1.94 bits per heavy atom. The second-order valence-electron chi connectivity index (χ2n) is 8.31. The van der Waals surface area contributed by atoms with Crippen molar-refractivity contribution in [3.8, 4) is 5.75 Å². The molecule has 34 heavy (non-hydrogen) atoms. The molecule has 1 aliphatic heterocycles. The predicted octanol–water partition coefficient (Wildman–Crippen LogP) is 4.18. The monoisotopic (exact) mass is 476 g/mol. The lowest BCUT2D eigenvalue weighted by Crippen LogP contribution is -2.25. The van der Waals surface area contributed by atoms with Gasteiger partial charge < -0.3 is 19.3 Å². The SMILES string of the molecule is O=C1CC2C(CC(OC(=O)c3ccccc3)C2/C=C/C(O)COc2cccc(C(F)(F)F)c2)O1. The zero-order chi connectivity index (χ0) is 24.3. The first-order chi connectivity index (χ1) is 16.2. The lowest BCUT2D eigenvalue weighted by Gasteiger charge is -2.20. The lowest BCUT2D eigenvalue weighted by molar-refractivity contribution is -0.142. The number of esters is 2. The molecule has 2 aromatic carbocycles. The van der Waals surface area contributed by atoms with Crippen LogP contribution in [0.4, 0.5) is 13.2 Å². The van der Waals surface area contributed by atoms with E-state index in [1.165, 1.54) is 18.2 Å². The highest BCUT2D eigenvalue weighted by molar-refractivity contribution is 5.89. The topological polar surface area (TPSA) is 82.1 Å². The van der Waals surface area contributed by atoms with Crippen molar-refractivity contribution in [3.63, 3.8) is 0 Å². The van der Waals surface area contributed by atoms with Crippen LogP contribution in [0, 0.1) is 11.8 Å². The molecule has 1 heterocycles. The van der Waals surface area contributed by atoms with Crippen molar-refractivity contribution < 1.29 is 42.1 Å². The fourth-order valence-corrected chi connectivity index (χ4v) is 4.33. The quantitative estimate of drug-likeness (QED) is 0.477. The van der Waals surface area contributed by atoms with Crippen molar-refractivity contribution in [1.29, 1.82) is 0 Å². The molecule has 2 fully saturated rings. The molecule has 4 rings (SSSR count). The van der Waals surface area contributed by atoms with Crippen LogP contribution in [0.5, 0.6) is 5.75 Å². The second kappa shape index (κ2) is 9.89. The van der Waals surface area contributed by atoms with Crippen LogP contribution in [0.2, 0.25) is 0 Å². The van der Waals surface area contributed by atoms with Crippen molar-refractivity contribution in [3.05, 3.63) is 77.9 Å². The average molecular weight is 476 g/mol. The van der Waals surface area contributed by atoms with Crippen molar-refractivity contribution in [2.24, 2.45) is 11.8 Å². The van der Waals surface area contributed by atoms with E-state index < -0.39 is 29.9 Å². The number of carbonyl (C=O) groups excluding carboxylic acids is 2. The molecule has 1 aliphatic carbocycles. The Labute approximate surface area is 193 Å². The highest BCUT2D eigenvalue weighted by Gasteiger charge is 2.50. The van der Waals surface area contributed by atoms with Crippen molar-refractivity contribution in [2.75, 3.05) is 6.61 Å². The molecule has 5 unspecified atom stereocenters. The molecule has 0 amide bonds. The summed E-state index contributed by atoms with van der Waals surface area (Å²) >= 11 is 0. The molecular formula is C25H23F3O6. The molecule has 1 N–H and O–H groups in total. The van der Waals surface area contributed by atoms with Crippen LogP contribution < -0.4 is 4.74 Å². The molecule has 2 aliphatic rings. The van der Waals surface area contributed by atoms with Gasteiger partial charge in [-0.3, -0.25) is 4.79 Å². The Balaban J connectivity index is 1.40. The van der Waals surface area contributed by atoms with Crippen molar-refractivity contribution in [2.45, 2.75) is 37.3 Å². The molecule has 2 aromatic rings. The van der Waals surface area contributed by atoms with Crippen LogP contribution in [0.15, 0.2) is 66.7 Å². The number of aliphatic hydroxyl groups is 1. The van der Waals surface area contributed by atoms with Gasteiger partial charge in [0.1, 0.15) is 30.7 Å². The second-order valence-corrected chi connectivity index (χ2v) is 8.31. The van der Waals surface area contributed by atoms with E-state index in [4.69, 9.17) is 14.2 Å². The van der Waals surface area contributed by atoms with Gasteiger partial charge in [-0.2, -0.15) is 13.2 Å². The molecule has 1 saturated heterocycles. The molecule has 0 spiro atoms. The molecular weight excluding hydrogens is 453 g/mol. The maximum atomic E-state index is 12.8. The minimum atomic E-state index is -4.50. The number of benzene rings is 2. The van der Waals surface area contributed by atoms with Gasteiger partial charge in [0, 0.05) is 18.3 Å². The zero-order valence-electron chi connectivity index (χ0n) is 18.0. The number of hydrogen-bond donors (Lipinski definition) is 1. The summed E-state index contributed by atoms with van der Waals surface area (Å²) < 4.78 is 54.9.